The Bertz CT molecular complexity index is 721. The smallest absolute Gasteiger partial charge is 0.317 e. The van der Waals surface area contributed by atoms with Gasteiger partial charge in [-0.25, -0.2) is 0 Å². The normalized spacial score (nSPS) is 27.5. The van der Waals surface area contributed by atoms with Crippen molar-refractivity contribution < 1.29 is 29.0 Å². The number of benzene rings is 1. The summed E-state index contributed by atoms with van der Waals surface area (Å²) < 4.78 is 10.3. The van der Waals surface area contributed by atoms with Crippen molar-refractivity contribution in [3.63, 3.8) is 0 Å². The topological polar surface area (TPSA) is 89.9 Å². The fraction of sp³-hybridized carbons (Fsp3) is 0.381. The van der Waals surface area contributed by atoms with Gasteiger partial charge in [0, 0.05) is 12.3 Å². The van der Waals surface area contributed by atoms with Gasteiger partial charge in [-0.1, -0.05) is 55.6 Å². The van der Waals surface area contributed by atoms with Crippen LogP contribution in [0.1, 0.15) is 24.8 Å². The molecule has 0 aromatic heterocycles. The lowest BCUT2D eigenvalue weighted by Gasteiger charge is -2.43. The van der Waals surface area contributed by atoms with Gasteiger partial charge in [0.05, 0.1) is 11.5 Å². The van der Waals surface area contributed by atoms with Crippen LogP contribution in [0.3, 0.4) is 0 Å². The van der Waals surface area contributed by atoms with Crippen LogP contribution in [0.4, 0.5) is 0 Å². The number of esters is 2. The molecule has 0 aliphatic heterocycles. The number of carbonyl (C=O) groups excluding carboxylic acids is 3. The fourth-order valence-corrected chi connectivity index (χ4v) is 3.55. The standard InChI is InChI=1S/C21H24O6/c1-4-11-26-19(23)17-15(22)13-21(3,25)18(20(24)27-12-5-2)16(17)14-9-7-6-8-10-14/h4-10,16-18,25H,1-2,11-13H2,3H3/t16-,17+,18+,21+/m0/s1. The first-order valence-corrected chi connectivity index (χ1v) is 8.68. The second-order valence-corrected chi connectivity index (χ2v) is 6.73. The number of carbonyl (C=O) groups is 3. The molecule has 0 saturated heterocycles. The molecule has 27 heavy (non-hydrogen) atoms. The number of hydrogen-bond donors (Lipinski definition) is 1. The van der Waals surface area contributed by atoms with Gasteiger partial charge in [0.25, 0.3) is 0 Å². The van der Waals surface area contributed by atoms with Crippen LogP contribution in [-0.4, -0.2) is 41.6 Å². The first-order valence-electron chi connectivity index (χ1n) is 8.68. The second kappa shape index (κ2) is 8.77. The molecule has 144 valence electrons. The SMILES string of the molecule is C=CCOC(=O)[C@@H]1C(=O)C[C@@](C)(O)[C@@H](C(=O)OCC=C)[C@H]1c1ccccc1. The molecule has 1 fully saturated rings. The average molecular weight is 372 g/mol. The van der Waals surface area contributed by atoms with Gasteiger partial charge in [0.15, 0.2) is 5.78 Å². The predicted molar refractivity (Wildman–Crippen MR) is 98.7 cm³/mol. The molecule has 0 amide bonds. The lowest BCUT2D eigenvalue weighted by molar-refractivity contribution is -0.171. The van der Waals surface area contributed by atoms with E-state index in [0.717, 1.165) is 0 Å². The summed E-state index contributed by atoms with van der Waals surface area (Å²) in [5, 5.41) is 10.9. The minimum absolute atomic E-state index is 0.0353. The minimum atomic E-state index is -1.66. The highest BCUT2D eigenvalue weighted by Gasteiger charge is 2.57. The zero-order valence-corrected chi connectivity index (χ0v) is 15.3. The lowest BCUT2D eigenvalue weighted by Crippen LogP contribution is -2.55. The zero-order valence-electron chi connectivity index (χ0n) is 15.3. The summed E-state index contributed by atoms with van der Waals surface area (Å²) in [6, 6.07) is 8.67. The number of rotatable bonds is 7. The fourth-order valence-electron chi connectivity index (χ4n) is 3.55. The maximum Gasteiger partial charge on any atom is 0.317 e. The molecule has 1 aromatic carbocycles. The molecule has 1 saturated carbocycles. The third-order valence-corrected chi connectivity index (χ3v) is 4.65. The van der Waals surface area contributed by atoms with E-state index in [4.69, 9.17) is 9.47 Å². The molecule has 1 aliphatic rings. The van der Waals surface area contributed by atoms with E-state index in [9.17, 15) is 19.5 Å². The van der Waals surface area contributed by atoms with Crippen molar-refractivity contribution in [2.75, 3.05) is 13.2 Å². The van der Waals surface area contributed by atoms with Gasteiger partial charge < -0.3 is 14.6 Å². The van der Waals surface area contributed by atoms with Gasteiger partial charge in [-0.3, -0.25) is 14.4 Å². The van der Waals surface area contributed by atoms with Crippen LogP contribution in [-0.2, 0) is 23.9 Å². The quantitative estimate of drug-likeness (QED) is 0.448. The van der Waals surface area contributed by atoms with E-state index in [2.05, 4.69) is 13.2 Å². The van der Waals surface area contributed by atoms with E-state index in [0.29, 0.717) is 5.56 Å². The van der Waals surface area contributed by atoms with E-state index in [-0.39, 0.29) is 19.6 Å². The number of ketones is 1. The molecule has 0 spiro atoms. The molecule has 0 bridgehead atoms. The maximum absolute atomic E-state index is 12.7. The van der Waals surface area contributed by atoms with Gasteiger partial charge in [-0.2, -0.15) is 0 Å². The van der Waals surface area contributed by atoms with Crippen molar-refractivity contribution in [3.05, 3.63) is 61.2 Å². The molecule has 1 aliphatic carbocycles. The summed E-state index contributed by atoms with van der Waals surface area (Å²) in [6.07, 6.45) is 2.46. The van der Waals surface area contributed by atoms with Crippen molar-refractivity contribution in [1.82, 2.24) is 0 Å². The Morgan fingerprint density at radius 2 is 1.70 bits per heavy atom. The number of Topliss-reactive ketones (excluding diaryl/α,β-unsaturated/α-hetero) is 1. The largest absolute Gasteiger partial charge is 0.461 e. The van der Waals surface area contributed by atoms with Crippen LogP contribution in [0.2, 0.25) is 0 Å². The average Bonchev–Trinajstić information content (AvgIpc) is 2.63. The highest BCUT2D eigenvalue weighted by atomic mass is 16.5. The molecule has 0 heterocycles. The van der Waals surface area contributed by atoms with Crippen LogP contribution in [0, 0.1) is 11.8 Å². The Morgan fingerprint density at radius 3 is 2.26 bits per heavy atom. The summed E-state index contributed by atoms with van der Waals surface area (Å²) in [4.78, 5) is 38.1. The molecular formula is C21H24O6. The molecule has 6 nitrogen and oxygen atoms in total. The Balaban J connectivity index is 2.53. The van der Waals surface area contributed by atoms with Gasteiger partial charge >= 0.3 is 11.9 Å². The molecule has 1 N–H and O–H groups in total. The van der Waals surface area contributed by atoms with E-state index in [1.807, 2.05) is 0 Å². The molecular weight excluding hydrogens is 348 g/mol. The Morgan fingerprint density at radius 1 is 1.15 bits per heavy atom. The molecule has 2 rings (SSSR count). The number of aliphatic hydroxyl groups is 1. The van der Waals surface area contributed by atoms with Crippen molar-refractivity contribution >= 4 is 17.7 Å². The van der Waals surface area contributed by atoms with Crippen molar-refractivity contribution in [3.8, 4) is 0 Å². The van der Waals surface area contributed by atoms with E-state index < -0.39 is 41.1 Å². The first-order chi connectivity index (χ1) is 12.8. The molecule has 0 radical (unpaired) electrons. The van der Waals surface area contributed by atoms with E-state index in [1.165, 1.54) is 19.1 Å². The molecule has 6 heteroatoms. The number of ether oxygens (including phenoxy) is 2. The summed E-state index contributed by atoms with van der Waals surface area (Å²) in [6.45, 7) is 8.32. The predicted octanol–water partition coefficient (Wildman–Crippen LogP) is 2.18. The van der Waals surface area contributed by atoms with E-state index >= 15 is 0 Å². The van der Waals surface area contributed by atoms with Crippen molar-refractivity contribution in [2.24, 2.45) is 11.8 Å². The zero-order chi connectivity index (χ0) is 20.0. The monoisotopic (exact) mass is 372 g/mol. The number of hydrogen-bond acceptors (Lipinski definition) is 6. The van der Waals surface area contributed by atoms with Gasteiger partial charge in [0.2, 0.25) is 0 Å². The molecule has 4 atom stereocenters. The highest BCUT2D eigenvalue weighted by Crippen LogP contribution is 2.46. The lowest BCUT2D eigenvalue weighted by atomic mass is 9.62. The van der Waals surface area contributed by atoms with Gasteiger partial charge in [-0.05, 0) is 12.5 Å². The Labute approximate surface area is 158 Å². The summed E-state index contributed by atoms with van der Waals surface area (Å²) in [7, 11) is 0. The summed E-state index contributed by atoms with van der Waals surface area (Å²) in [5.41, 5.74) is -1.09. The Kier molecular flexibility index (Phi) is 6.69. The Hall–Kier alpha value is -2.73. The minimum Gasteiger partial charge on any atom is -0.461 e. The third kappa shape index (κ3) is 4.52. The van der Waals surface area contributed by atoms with Crippen molar-refractivity contribution in [1.29, 1.82) is 0 Å². The summed E-state index contributed by atoms with van der Waals surface area (Å²) in [5.74, 6) is -5.14. The third-order valence-electron chi connectivity index (χ3n) is 4.65. The van der Waals surface area contributed by atoms with Crippen LogP contribution in [0.5, 0.6) is 0 Å². The summed E-state index contributed by atoms with van der Waals surface area (Å²) >= 11 is 0. The van der Waals surface area contributed by atoms with E-state index in [1.54, 1.807) is 30.3 Å². The van der Waals surface area contributed by atoms with Crippen LogP contribution in [0.15, 0.2) is 55.6 Å². The van der Waals surface area contributed by atoms with Crippen LogP contribution in [0.25, 0.3) is 0 Å². The van der Waals surface area contributed by atoms with Crippen molar-refractivity contribution in [2.45, 2.75) is 24.9 Å². The van der Waals surface area contributed by atoms with Gasteiger partial charge in [-0.15, -0.1) is 0 Å². The maximum atomic E-state index is 12.7. The van der Waals surface area contributed by atoms with Crippen LogP contribution >= 0.6 is 0 Å². The van der Waals surface area contributed by atoms with Gasteiger partial charge in [0.1, 0.15) is 19.1 Å². The molecule has 0 unspecified atom stereocenters. The molecule has 1 aromatic rings. The highest BCUT2D eigenvalue weighted by molar-refractivity contribution is 6.02. The second-order valence-electron chi connectivity index (χ2n) is 6.73. The first kappa shape index (κ1) is 20.6. The van der Waals surface area contributed by atoms with Crippen LogP contribution < -0.4 is 0 Å².